The summed E-state index contributed by atoms with van der Waals surface area (Å²) in [5.41, 5.74) is 3.16. The number of methoxy groups -OCH3 is 1. The second kappa shape index (κ2) is 4.72. The molecule has 1 rings (SSSR count). The van der Waals surface area contributed by atoms with E-state index in [1.54, 1.807) is 7.11 Å². The SMILES string of the molecule is CNN1CC=C[C@@H](OC)[C@@H]1N(C)C. The van der Waals surface area contributed by atoms with Crippen molar-refractivity contribution in [3.8, 4) is 0 Å². The quantitative estimate of drug-likeness (QED) is 0.621. The Hall–Kier alpha value is -0.420. The summed E-state index contributed by atoms with van der Waals surface area (Å²) in [6.07, 6.45) is 4.62. The van der Waals surface area contributed by atoms with Gasteiger partial charge in [0.25, 0.3) is 0 Å². The molecule has 0 saturated carbocycles. The van der Waals surface area contributed by atoms with Crippen LogP contribution in [0.15, 0.2) is 12.2 Å². The minimum Gasteiger partial charge on any atom is -0.374 e. The van der Waals surface area contributed by atoms with Gasteiger partial charge in [-0.1, -0.05) is 12.2 Å². The van der Waals surface area contributed by atoms with Crippen LogP contribution >= 0.6 is 0 Å². The Morgan fingerprint density at radius 3 is 2.69 bits per heavy atom. The van der Waals surface area contributed by atoms with Crippen molar-refractivity contribution in [3.05, 3.63) is 12.2 Å². The fraction of sp³-hybridized carbons (Fsp3) is 0.778. The Balaban J connectivity index is 2.73. The van der Waals surface area contributed by atoms with Gasteiger partial charge in [0, 0.05) is 13.7 Å². The summed E-state index contributed by atoms with van der Waals surface area (Å²) in [6.45, 7) is 0.916. The topological polar surface area (TPSA) is 27.7 Å². The second-order valence-electron chi connectivity index (χ2n) is 3.38. The molecule has 13 heavy (non-hydrogen) atoms. The van der Waals surface area contributed by atoms with Gasteiger partial charge in [0.15, 0.2) is 0 Å². The summed E-state index contributed by atoms with van der Waals surface area (Å²) < 4.78 is 5.39. The summed E-state index contributed by atoms with van der Waals surface area (Å²) in [7, 11) is 7.79. The molecule has 4 heteroatoms. The van der Waals surface area contributed by atoms with Crippen LogP contribution in [0.1, 0.15) is 0 Å². The first kappa shape index (κ1) is 10.7. The minimum atomic E-state index is 0.135. The third-order valence-electron chi connectivity index (χ3n) is 2.33. The van der Waals surface area contributed by atoms with E-state index in [1.165, 1.54) is 0 Å². The minimum absolute atomic E-state index is 0.135. The first-order chi connectivity index (χ1) is 6.20. The van der Waals surface area contributed by atoms with E-state index < -0.39 is 0 Å². The van der Waals surface area contributed by atoms with E-state index in [2.05, 4.69) is 41.6 Å². The average molecular weight is 185 g/mol. The van der Waals surface area contributed by atoms with Gasteiger partial charge >= 0.3 is 0 Å². The third kappa shape index (κ3) is 2.28. The van der Waals surface area contributed by atoms with E-state index in [4.69, 9.17) is 4.74 Å². The Morgan fingerprint density at radius 1 is 1.54 bits per heavy atom. The normalized spacial score (nSPS) is 29.9. The predicted octanol–water partition coefficient (Wildman–Crippen LogP) is -0.105. The Labute approximate surface area is 80.1 Å². The summed E-state index contributed by atoms with van der Waals surface area (Å²) in [6, 6.07) is 0. The molecule has 0 aromatic heterocycles. The number of likely N-dealkylation sites (N-methyl/N-ethyl adjacent to an activating group) is 1. The monoisotopic (exact) mass is 185 g/mol. The zero-order valence-corrected chi connectivity index (χ0v) is 8.82. The summed E-state index contributed by atoms with van der Waals surface area (Å²) in [4.78, 5) is 2.15. The van der Waals surface area contributed by atoms with Gasteiger partial charge in [0.1, 0.15) is 12.3 Å². The lowest BCUT2D eigenvalue weighted by Crippen LogP contribution is -2.58. The first-order valence-electron chi connectivity index (χ1n) is 4.50. The molecule has 0 radical (unpaired) electrons. The van der Waals surface area contributed by atoms with Crippen molar-refractivity contribution >= 4 is 0 Å². The number of ether oxygens (including phenoxy) is 1. The molecule has 0 saturated heterocycles. The molecule has 2 atom stereocenters. The van der Waals surface area contributed by atoms with Gasteiger partial charge < -0.3 is 4.74 Å². The van der Waals surface area contributed by atoms with Gasteiger partial charge in [-0.2, -0.15) is 0 Å². The van der Waals surface area contributed by atoms with Crippen LogP contribution in [0.5, 0.6) is 0 Å². The molecule has 0 aromatic carbocycles. The van der Waals surface area contributed by atoms with Gasteiger partial charge in [0.05, 0.1) is 0 Å². The highest BCUT2D eigenvalue weighted by Gasteiger charge is 2.29. The smallest absolute Gasteiger partial charge is 0.106 e. The van der Waals surface area contributed by atoms with Gasteiger partial charge in [0.2, 0.25) is 0 Å². The highest BCUT2D eigenvalue weighted by Crippen LogP contribution is 2.13. The van der Waals surface area contributed by atoms with Crippen molar-refractivity contribution in [1.82, 2.24) is 15.3 Å². The first-order valence-corrected chi connectivity index (χ1v) is 4.50. The van der Waals surface area contributed by atoms with E-state index >= 15 is 0 Å². The second-order valence-corrected chi connectivity index (χ2v) is 3.38. The van der Waals surface area contributed by atoms with E-state index in [1.807, 2.05) is 7.05 Å². The summed E-state index contributed by atoms with van der Waals surface area (Å²) in [5.74, 6) is 0. The molecule has 0 aliphatic carbocycles. The molecule has 0 aromatic rings. The fourth-order valence-electron chi connectivity index (χ4n) is 1.69. The van der Waals surface area contributed by atoms with Crippen LogP contribution in [-0.4, -0.2) is 57.0 Å². The average Bonchev–Trinajstić information content (AvgIpc) is 2.16. The molecule has 1 aliphatic rings. The lowest BCUT2D eigenvalue weighted by Gasteiger charge is -2.40. The lowest BCUT2D eigenvalue weighted by atomic mass is 10.1. The molecule has 1 N–H and O–H groups in total. The molecule has 1 heterocycles. The molecule has 0 spiro atoms. The van der Waals surface area contributed by atoms with E-state index in [9.17, 15) is 0 Å². The number of rotatable bonds is 3. The fourth-order valence-corrected chi connectivity index (χ4v) is 1.69. The highest BCUT2D eigenvalue weighted by molar-refractivity contribution is 5.01. The molecule has 76 valence electrons. The molecule has 0 bridgehead atoms. The van der Waals surface area contributed by atoms with Gasteiger partial charge in [-0.15, -0.1) is 0 Å². The molecule has 0 fully saturated rings. The number of nitrogens with one attached hydrogen (secondary N) is 1. The molecule has 4 nitrogen and oxygen atoms in total. The van der Waals surface area contributed by atoms with Crippen LogP contribution < -0.4 is 5.43 Å². The summed E-state index contributed by atoms with van der Waals surface area (Å²) in [5, 5.41) is 2.15. The predicted molar refractivity (Wildman–Crippen MR) is 53.2 cm³/mol. The van der Waals surface area contributed by atoms with Crippen molar-refractivity contribution in [3.63, 3.8) is 0 Å². The number of hydrogen-bond acceptors (Lipinski definition) is 4. The Bertz CT molecular complexity index is 182. The maximum absolute atomic E-state index is 5.39. The lowest BCUT2D eigenvalue weighted by molar-refractivity contribution is -0.0470. The number of hydrazine groups is 1. The van der Waals surface area contributed by atoms with Crippen molar-refractivity contribution in [2.24, 2.45) is 0 Å². The molecular weight excluding hydrogens is 166 g/mol. The van der Waals surface area contributed by atoms with Gasteiger partial charge in [-0.25, -0.2) is 5.01 Å². The van der Waals surface area contributed by atoms with Crippen LogP contribution in [0.25, 0.3) is 0 Å². The highest BCUT2D eigenvalue weighted by atomic mass is 16.5. The van der Waals surface area contributed by atoms with E-state index in [0.29, 0.717) is 0 Å². The maximum Gasteiger partial charge on any atom is 0.106 e. The molecule has 0 unspecified atom stereocenters. The molecule has 0 amide bonds. The van der Waals surface area contributed by atoms with E-state index in [-0.39, 0.29) is 12.3 Å². The van der Waals surface area contributed by atoms with Gasteiger partial charge in [-0.3, -0.25) is 10.3 Å². The number of nitrogens with zero attached hydrogens (tertiary/aromatic N) is 2. The van der Waals surface area contributed by atoms with Crippen molar-refractivity contribution < 1.29 is 4.74 Å². The van der Waals surface area contributed by atoms with E-state index in [0.717, 1.165) is 6.54 Å². The van der Waals surface area contributed by atoms with Crippen molar-refractivity contribution in [2.75, 3.05) is 34.8 Å². The number of hydrogen-bond donors (Lipinski definition) is 1. The molecule has 1 aliphatic heterocycles. The Kier molecular flexibility index (Phi) is 3.87. The van der Waals surface area contributed by atoms with Crippen LogP contribution in [0.3, 0.4) is 0 Å². The van der Waals surface area contributed by atoms with Crippen LogP contribution in [0.2, 0.25) is 0 Å². The van der Waals surface area contributed by atoms with Crippen molar-refractivity contribution in [1.29, 1.82) is 0 Å². The molecular formula is C9H19N3O. The standard InChI is InChI=1S/C9H19N3O/c1-10-12-7-5-6-8(13-4)9(12)11(2)3/h5-6,8-10H,7H2,1-4H3/t8-,9-/m1/s1. The van der Waals surface area contributed by atoms with Crippen LogP contribution in [0.4, 0.5) is 0 Å². The zero-order valence-electron chi connectivity index (χ0n) is 8.82. The summed E-state index contributed by atoms with van der Waals surface area (Å²) >= 11 is 0. The maximum atomic E-state index is 5.39. The van der Waals surface area contributed by atoms with Gasteiger partial charge in [-0.05, 0) is 21.1 Å². The Morgan fingerprint density at radius 2 is 2.23 bits per heavy atom. The largest absolute Gasteiger partial charge is 0.374 e. The van der Waals surface area contributed by atoms with Crippen LogP contribution in [0, 0.1) is 0 Å². The van der Waals surface area contributed by atoms with Crippen LogP contribution in [-0.2, 0) is 4.74 Å². The zero-order chi connectivity index (χ0) is 9.84. The van der Waals surface area contributed by atoms with Crippen molar-refractivity contribution in [2.45, 2.75) is 12.3 Å². The third-order valence-corrected chi connectivity index (χ3v) is 2.33.